The quantitative estimate of drug-likeness (QED) is 0.652. The maximum Gasteiger partial charge on any atom is 0.143 e. The van der Waals surface area contributed by atoms with E-state index in [-0.39, 0.29) is 12.4 Å². The molecule has 0 spiro atoms. The molecule has 0 saturated carbocycles. The zero-order chi connectivity index (χ0) is 11.5. The number of nitrogens with two attached hydrogens (primary N) is 1. The molecule has 5 heteroatoms. The van der Waals surface area contributed by atoms with Crippen molar-refractivity contribution in [3.63, 3.8) is 0 Å². The van der Waals surface area contributed by atoms with Crippen LogP contribution in [0, 0.1) is 6.92 Å². The first kappa shape index (κ1) is 13.5. The van der Waals surface area contributed by atoms with Crippen molar-refractivity contribution in [2.24, 2.45) is 5.84 Å². The molecule has 1 aromatic heterocycles. The molecule has 0 aliphatic rings. The number of nitrogen functional groups attached to an aromatic ring is 1. The Morgan fingerprint density at radius 2 is 2.12 bits per heavy atom. The number of rotatable bonds is 3. The van der Waals surface area contributed by atoms with E-state index in [2.05, 4.69) is 10.4 Å². The molecule has 0 bridgehead atoms. The summed E-state index contributed by atoms with van der Waals surface area (Å²) < 4.78 is 5.44. The maximum absolute atomic E-state index is 5.44. The van der Waals surface area contributed by atoms with E-state index in [1.807, 2.05) is 38.1 Å². The van der Waals surface area contributed by atoms with E-state index in [0.717, 1.165) is 22.2 Å². The second kappa shape index (κ2) is 5.70. The van der Waals surface area contributed by atoms with Crippen molar-refractivity contribution in [1.82, 2.24) is 4.98 Å². The largest absolute Gasteiger partial charge is 0.494 e. The van der Waals surface area contributed by atoms with Crippen LogP contribution in [0.3, 0.4) is 0 Å². The van der Waals surface area contributed by atoms with Crippen LogP contribution in [0.15, 0.2) is 24.3 Å². The predicted octanol–water partition coefficient (Wildman–Crippen LogP) is 2.65. The molecule has 2 rings (SSSR count). The minimum atomic E-state index is 0. The summed E-state index contributed by atoms with van der Waals surface area (Å²) in [5.74, 6) is 6.95. The first-order valence-electron chi connectivity index (χ1n) is 5.25. The van der Waals surface area contributed by atoms with Crippen LogP contribution in [0.25, 0.3) is 10.9 Å². The van der Waals surface area contributed by atoms with Crippen LogP contribution >= 0.6 is 12.4 Å². The smallest absolute Gasteiger partial charge is 0.143 e. The summed E-state index contributed by atoms with van der Waals surface area (Å²) in [4.78, 5) is 4.40. The van der Waals surface area contributed by atoms with Crippen molar-refractivity contribution in [3.8, 4) is 5.75 Å². The first-order valence-corrected chi connectivity index (χ1v) is 5.25. The van der Waals surface area contributed by atoms with Crippen molar-refractivity contribution in [3.05, 3.63) is 29.8 Å². The maximum atomic E-state index is 5.44. The molecule has 0 aliphatic carbocycles. The number of fused-ring (bicyclic) bond motifs is 1. The number of anilines is 1. The van der Waals surface area contributed by atoms with Gasteiger partial charge >= 0.3 is 0 Å². The monoisotopic (exact) mass is 253 g/mol. The molecule has 0 atom stereocenters. The summed E-state index contributed by atoms with van der Waals surface area (Å²) in [5, 5.41) is 1.06. The van der Waals surface area contributed by atoms with Gasteiger partial charge < -0.3 is 10.2 Å². The lowest BCUT2D eigenvalue weighted by Gasteiger charge is -2.08. The fourth-order valence-electron chi connectivity index (χ4n) is 1.66. The van der Waals surface area contributed by atoms with Gasteiger partial charge in [0.15, 0.2) is 0 Å². The van der Waals surface area contributed by atoms with Crippen LogP contribution < -0.4 is 16.0 Å². The van der Waals surface area contributed by atoms with Crippen LogP contribution in [-0.4, -0.2) is 11.6 Å². The Hall–Kier alpha value is -1.52. The predicted molar refractivity (Wildman–Crippen MR) is 72.7 cm³/mol. The van der Waals surface area contributed by atoms with Crippen LogP contribution in [0.5, 0.6) is 5.75 Å². The van der Waals surface area contributed by atoms with Crippen LogP contribution in [0.1, 0.15) is 12.5 Å². The number of pyridine rings is 1. The van der Waals surface area contributed by atoms with Crippen molar-refractivity contribution in [1.29, 1.82) is 0 Å². The Morgan fingerprint density at radius 3 is 2.76 bits per heavy atom. The lowest BCUT2D eigenvalue weighted by Crippen LogP contribution is -2.10. The number of benzene rings is 1. The summed E-state index contributed by atoms with van der Waals surface area (Å²) in [7, 11) is 0. The van der Waals surface area contributed by atoms with Gasteiger partial charge in [-0.05, 0) is 43.7 Å². The molecule has 0 radical (unpaired) electrons. The number of hydrogen-bond acceptors (Lipinski definition) is 4. The lowest BCUT2D eigenvalue weighted by molar-refractivity contribution is 0.340. The Kier molecular flexibility index (Phi) is 4.54. The molecule has 1 aromatic carbocycles. The van der Waals surface area contributed by atoms with Gasteiger partial charge in [0, 0.05) is 5.39 Å². The lowest BCUT2D eigenvalue weighted by atomic mass is 10.1. The van der Waals surface area contributed by atoms with Crippen LogP contribution in [0.2, 0.25) is 0 Å². The Balaban J connectivity index is 0.00000144. The van der Waals surface area contributed by atoms with Gasteiger partial charge in [0.2, 0.25) is 0 Å². The number of nitrogens with zero attached hydrogens (tertiary/aromatic N) is 1. The van der Waals surface area contributed by atoms with Gasteiger partial charge in [-0.2, -0.15) is 0 Å². The van der Waals surface area contributed by atoms with Crippen molar-refractivity contribution < 1.29 is 4.74 Å². The molecule has 17 heavy (non-hydrogen) atoms. The molecule has 0 unspecified atom stereocenters. The molecule has 0 saturated heterocycles. The highest BCUT2D eigenvalue weighted by Gasteiger charge is 2.03. The van der Waals surface area contributed by atoms with E-state index in [4.69, 9.17) is 10.6 Å². The third-order valence-corrected chi connectivity index (χ3v) is 2.42. The highest BCUT2D eigenvalue weighted by molar-refractivity contribution is 5.85. The molecule has 0 fully saturated rings. The van der Waals surface area contributed by atoms with Gasteiger partial charge in [-0.1, -0.05) is 0 Å². The van der Waals surface area contributed by atoms with E-state index in [9.17, 15) is 0 Å². The number of ether oxygens (including phenoxy) is 1. The fourth-order valence-corrected chi connectivity index (χ4v) is 1.66. The van der Waals surface area contributed by atoms with Crippen molar-refractivity contribution in [2.75, 3.05) is 12.0 Å². The molecule has 4 nitrogen and oxygen atoms in total. The van der Waals surface area contributed by atoms with E-state index in [0.29, 0.717) is 12.4 Å². The second-order valence-corrected chi connectivity index (χ2v) is 3.59. The SMILES string of the molecule is CCOc1ccc2nc(NN)c(C)cc2c1.Cl. The summed E-state index contributed by atoms with van der Waals surface area (Å²) in [6.45, 7) is 4.60. The van der Waals surface area contributed by atoms with E-state index in [1.165, 1.54) is 0 Å². The average Bonchev–Trinajstić information content (AvgIpc) is 2.28. The van der Waals surface area contributed by atoms with E-state index >= 15 is 0 Å². The van der Waals surface area contributed by atoms with Gasteiger partial charge in [-0.3, -0.25) is 0 Å². The molecular weight excluding hydrogens is 238 g/mol. The summed E-state index contributed by atoms with van der Waals surface area (Å²) in [6, 6.07) is 7.87. The van der Waals surface area contributed by atoms with Gasteiger partial charge in [0.1, 0.15) is 11.6 Å². The zero-order valence-corrected chi connectivity index (χ0v) is 10.7. The van der Waals surface area contributed by atoms with Crippen LogP contribution in [0.4, 0.5) is 5.82 Å². The molecule has 0 aliphatic heterocycles. The fraction of sp³-hybridized carbons (Fsp3) is 0.250. The Morgan fingerprint density at radius 1 is 1.35 bits per heavy atom. The minimum Gasteiger partial charge on any atom is -0.494 e. The first-order chi connectivity index (χ1) is 7.74. The Labute approximate surface area is 107 Å². The Bertz CT molecular complexity index is 516. The summed E-state index contributed by atoms with van der Waals surface area (Å²) in [6.07, 6.45) is 0. The topological polar surface area (TPSA) is 60.2 Å². The van der Waals surface area contributed by atoms with Gasteiger partial charge in [-0.15, -0.1) is 12.4 Å². The van der Waals surface area contributed by atoms with Crippen molar-refractivity contribution >= 4 is 29.1 Å². The number of aromatic nitrogens is 1. The highest BCUT2D eigenvalue weighted by atomic mass is 35.5. The standard InChI is InChI=1S/C12H15N3O.ClH/c1-3-16-10-4-5-11-9(7-10)6-8(2)12(14-11)15-13;/h4-7H,3,13H2,1-2H3,(H,14,15);1H. The summed E-state index contributed by atoms with van der Waals surface area (Å²) >= 11 is 0. The van der Waals surface area contributed by atoms with Gasteiger partial charge in [-0.25, -0.2) is 10.8 Å². The average molecular weight is 254 g/mol. The zero-order valence-electron chi connectivity index (χ0n) is 9.86. The van der Waals surface area contributed by atoms with Gasteiger partial charge in [0.25, 0.3) is 0 Å². The third-order valence-electron chi connectivity index (χ3n) is 2.42. The number of aryl methyl sites for hydroxylation is 1. The molecule has 92 valence electrons. The van der Waals surface area contributed by atoms with Gasteiger partial charge in [0.05, 0.1) is 12.1 Å². The second-order valence-electron chi connectivity index (χ2n) is 3.59. The third kappa shape index (κ3) is 2.78. The molecule has 3 N–H and O–H groups in total. The number of hydrogen-bond donors (Lipinski definition) is 2. The van der Waals surface area contributed by atoms with Crippen LogP contribution in [-0.2, 0) is 0 Å². The number of halogens is 1. The van der Waals surface area contributed by atoms with E-state index in [1.54, 1.807) is 0 Å². The molecule has 0 amide bonds. The normalized spacial score (nSPS) is 9.82. The minimum absolute atomic E-state index is 0. The number of nitrogens with one attached hydrogen (secondary N) is 1. The van der Waals surface area contributed by atoms with Crippen molar-refractivity contribution in [2.45, 2.75) is 13.8 Å². The summed E-state index contributed by atoms with van der Waals surface area (Å²) in [5.41, 5.74) is 4.51. The van der Waals surface area contributed by atoms with E-state index < -0.39 is 0 Å². The highest BCUT2D eigenvalue weighted by Crippen LogP contribution is 2.23. The number of hydrazine groups is 1. The molecule has 1 heterocycles. The molecule has 2 aromatic rings. The molecular formula is C12H16ClN3O.